The topological polar surface area (TPSA) is 106 Å². The summed E-state index contributed by atoms with van der Waals surface area (Å²) in [6.45, 7) is 0. The van der Waals surface area contributed by atoms with Crippen molar-refractivity contribution in [1.82, 2.24) is 4.98 Å². The van der Waals surface area contributed by atoms with E-state index in [0.717, 1.165) is 10.0 Å². The third-order valence-electron chi connectivity index (χ3n) is 3.55. The van der Waals surface area contributed by atoms with Crippen molar-refractivity contribution in [3.63, 3.8) is 0 Å². The third kappa shape index (κ3) is 4.34. The van der Waals surface area contributed by atoms with Gasteiger partial charge in [0.15, 0.2) is 16.6 Å². The van der Waals surface area contributed by atoms with E-state index >= 15 is 0 Å². The molecule has 2 aromatic carbocycles. The van der Waals surface area contributed by atoms with Crippen LogP contribution >= 0.6 is 27.3 Å². The Hall–Kier alpha value is -3.15. The van der Waals surface area contributed by atoms with Crippen LogP contribution in [0.25, 0.3) is 17.3 Å². The van der Waals surface area contributed by atoms with E-state index in [1.54, 1.807) is 0 Å². The average molecular weight is 442 g/mol. The molecule has 3 N–H and O–H groups in total. The average Bonchev–Trinajstić information content (AvgIpc) is 3.11. The molecule has 0 bridgehead atoms. The first-order chi connectivity index (χ1) is 13.0. The number of thiazole rings is 1. The second kappa shape index (κ2) is 8.03. The molecule has 0 fully saturated rings. The number of carbonyl (C=O) groups excluding carboxylic acids is 1. The fraction of sp³-hybridized carbons (Fsp3) is 0. The first kappa shape index (κ1) is 18.6. The molecule has 6 nitrogen and oxygen atoms in total. The van der Waals surface area contributed by atoms with E-state index in [9.17, 15) is 20.3 Å². The summed E-state index contributed by atoms with van der Waals surface area (Å²) in [7, 11) is 0. The van der Waals surface area contributed by atoms with Gasteiger partial charge >= 0.3 is 0 Å². The molecule has 1 heterocycles. The van der Waals surface area contributed by atoms with Gasteiger partial charge in [-0.2, -0.15) is 5.26 Å². The van der Waals surface area contributed by atoms with Gasteiger partial charge in [0.1, 0.15) is 11.6 Å². The van der Waals surface area contributed by atoms with Gasteiger partial charge in [-0.3, -0.25) is 10.1 Å². The zero-order valence-corrected chi connectivity index (χ0v) is 16.1. The van der Waals surface area contributed by atoms with Gasteiger partial charge in [0, 0.05) is 15.4 Å². The van der Waals surface area contributed by atoms with Crippen molar-refractivity contribution >= 4 is 44.4 Å². The maximum Gasteiger partial charge on any atom is 0.268 e. The van der Waals surface area contributed by atoms with Crippen molar-refractivity contribution in [3.8, 4) is 28.8 Å². The van der Waals surface area contributed by atoms with Crippen molar-refractivity contribution < 1.29 is 15.0 Å². The third-order valence-corrected chi connectivity index (χ3v) is 5.00. The molecule has 0 aliphatic rings. The normalized spacial score (nSPS) is 11.0. The van der Waals surface area contributed by atoms with Crippen molar-refractivity contribution in [2.45, 2.75) is 0 Å². The Morgan fingerprint density at radius 2 is 2.00 bits per heavy atom. The molecule has 3 rings (SSSR count). The minimum atomic E-state index is -0.613. The zero-order chi connectivity index (χ0) is 19.4. The number of hydrogen-bond donors (Lipinski definition) is 3. The van der Waals surface area contributed by atoms with E-state index in [4.69, 9.17) is 0 Å². The highest BCUT2D eigenvalue weighted by atomic mass is 79.9. The number of aromatic nitrogens is 1. The Labute approximate surface area is 167 Å². The number of nitrogens with zero attached hydrogens (tertiary/aromatic N) is 2. The number of aromatic hydroxyl groups is 2. The van der Waals surface area contributed by atoms with Gasteiger partial charge in [0.2, 0.25) is 0 Å². The first-order valence-electron chi connectivity index (χ1n) is 7.63. The number of nitrogens with one attached hydrogen (secondary N) is 1. The summed E-state index contributed by atoms with van der Waals surface area (Å²) in [6.07, 6.45) is 1.32. The second-order valence-corrected chi connectivity index (χ2v) is 7.10. The monoisotopic (exact) mass is 441 g/mol. The molecule has 27 heavy (non-hydrogen) atoms. The van der Waals surface area contributed by atoms with Crippen LogP contribution in [-0.2, 0) is 4.79 Å². The number of phenols is 2. The van der Waals surface area contributed by atoms with Crippen LogP contribution in [0.15, 0.2) is 57.9 Å². The fourth-order valence-corrected chi connectivity index (χ4v) is 3.43. The van der Waals surface area contributed by atoms with Gasteiger partial charge in [-0.15, -0.1) is 11.3 Å². The highest BCUT2D eigenvalue weighted by Gasteiger charge is 2.14. The molecule has 0 saturated heterocycles. The number of rotatable bonds is 4. The van der Waals surface area contributed by atoms with Gasteiger partial charge in [-0.25, -0.2) is 4.98 Å². The Bertz CT molecular complexity index is 1090. The predicted octanol–water partition coefficient (Wildman–Crippen LogP) is 4.53. The van der Waals surface area contributed by atoms with Crippen LogP contribution < -0.4 is 5.32 Å². The number of phenolic OH excluding ortho intramolecular Hbond substituents is 2. The maximum atomic E-state index is 12.4. The lowest BCUT2D eigenvalue weighted by molar-refractivity contribution is -0.112. The summed E-state index contributed by atoms with van der Waals surface area (Å²) < 4.78 is 0.887. The SMILES string of the molecule is N#C/C(=C\c1ccc(O)c(O)c1)C(=O)Nc1nc(-c2ccccc2Br)cs1. The first-order valence-corrected chi connectivity index (χ1v) is 9.31. The summed E-state index contributed by atoms with van der Waals surface area (Å²) in [6, 6.07) is 13.4. The van der Waals surface area contributed by atoms with Crippen molar-refractivity contribution in [2.24, 2.45) is 0 Å². The van der Waals surface area contributed by atoms with Crippen molar-refractivity contribution in [2.75, 3.05) is 5.32 Å². The molecule has 3 aromatic rings. The molecule has 1 amide bonds. The van der Waals surface area contributed by atoms with E-state index in [0.29, 0.717) is 16.4 Å². The zero-order valence-electron chi connectivity index (χ0n) is 13.7. The van der Waals surface area contributed by atoms with Crippen LogP contribution in [0.4, 0.5) is 5.13 Å². The highest BCUT2D eigenvalue weighted by molar-refractivity contribution is 9.10. The molecule has 0 atom stereocenters. The van der Waals surface area contributed by atoms with Gasteiger partial charge in [0.05, 0.1) is 5.69 Å². The van der Waals surface area contributed by atoms with Crippen LogP contribution in [-0.4, -0.2) is 21.1 Å². The fourth-order valence-electron chi connectivity index (χ4n) is 2.23. The lowest BCUT2D eigenvalue weighted by Gasteiger charge is -2.02. The number of benzene rings is 2. The molecule has 134 valence electrons. The number of carbonyl (C=O) groups is 1. The van der Waals surface area contributed by atoms with E-state index in [-0.39, 0.29) is 17.1 Å². The van der Waals surface area contributed by atoms with Gasteiger partial charge in [-0.05, 0) is 29.8 Å². The van der Waals surface area contributed by atoms with Crippen molar-refractivity contribution in [3.05, 3.63) is 63.5 Å². The van der Waals surface area contributed by atoms with E-state index in [1.165, 1.54) is 35.6 Å². The standard InChI is InChI=1S/C19H12BrN3O3S/c20-14-4-2-1-3-13(14)15-10-27-19(22-15)23-18(26)12(9-21)7-11-5-6-16(24)17(25)8-11/h1-8,10,24-25H,(H,22,23,26)/b12-7+. The summed E-state index contributed by atoms with van der Waals surface area (Å²) in [5, 5.41) is 32.9. The molecule has 0 aliphatic heterocycles. The molecule has 0 spiro atoms. The Morgan fingerprint density at radius 1 is 1.22 bits per heavy atom. The number of amides is 1. The van der Waals surface area contributed by atoms with Gasteiger partial charge in [-0.1, -0.05) is 40.2 Å². The molecule has 0 aliphatic carbocycles. The molecular weight excluding hydrogens is 430 g/mol. The van der Waals surface area contributed by atoms with Crippen LogP contribution in [0, 0.1) is 11.3 Å². The minimum absolute atomic E-state index is 0.155. The van der Waals surface area contributed by atoms with Crippen LogP contribution in [0.2, 0.25) is 0 Å². The molecule has 0 unspecified atom stereocenters. The summed E-state index contributed by atoms with van der Waals surface area (Å²) in [5.74, 6) is -1.23. The summed E-state index contributed by atoms with van der Waals surface area (Å²) in [4.78, 5) is 16.7. The maximum absolute atomic E-state index is 12.4. The Balaban J connectivity index is 1.80. The van der Waals surface area contributed by atoms with E-state index < -0.39 is 5.91 Å². The van der Waals surface area contributed by atoms with E-state index in [2.05, 4.69) is 26.2 Å². The molecule has 1 aromatic heterocycles. The van der Waals surface area contributed by atoms with Crippen LogP contribution in [0.1, 0.15) is 5.56 Å². The smallest absolute Gasteiger partial charge is 0.268 e. The predicted molar refractivity (Wildman–Crippen MR) is 107 cm³/mol. The lowest BCUT2D eigenvalue weighted by Crippen LogP contribution is -2.13. The van der Waals surface area contributed by atoms with Crippen molar-refractivity contribution in [1.29, 1.82) is 5.26 Å². The number of hydrogen-bond acceptors (Lipinski definition) is 6. The molecule has 0 saturated carbocycles. The summed E-state index contributed by atoms with van der Waals surface area (Å²) in [5.41, 5.74) is 1.85. The van der Waals surface area contributed by atoms with Crippen LogP contribution in [0.3, 0.4) is 0 Å². The lowest BCUT2D eigenvalue weighted by atomic mass is 10.1. The summed E-state index contributed by atoms with van der Waals surface area (Å²) >= 11 is 4.71. The Kier molecular flexibility index (Phi) is 5.54. The number of nitriles is 1. The molecule has 8 heteroatoms. The van der Waals surface area contributed by atoms with Gasteiger partial charge < -0.3 is 10.2 Å². The Morgan fingerprint density at radius 3 is 2.70 bits per heavy atom. The minimum Gasteiger partial charge on any atom is -0.504 e. The molecule has 0 radical (unpaired) electrons. The number of halogens is 1. The number of anilines is 1. The molecular formula is C19H12BrN3O3S. The largest absolute Gasteiger partial charge is 0.504 e. The highest BCUT2D eigenvalue weighted by Crippen LogP contribution is 2.31. The van der Waals surface area contributed by atoms with Crippen LogP contribution in [0.5, 0.6) is 11.5 Å². The quantitative estimate of drug-likeness (QED) is 0.313. The van der Waals surface area contributed by atoms with E-state index in [1.807, 2.05) is 35.7 Å². The second-order valence-electron chi connectivity index (χ2n) is 5.39. The van der Waals surface area contributed by atoms with Gasteiger partial charge in [0.25, 0.3) is 5.91 Å².